The minimum atomic E-state index is 0.760. The molecule has 2 aromatic carbocycles. The normalized spacial score (nSPS) is 19.3. The maximum absolute atomic E-state index is 3.32. The lowest BCUT2D eigenvalue weighted by Crippen LogP contribution is -2.13. The second-order valence-electron chi connectivity index (χ2n) is 8.18. The van der Waals surface area contributed by atoms with Crippen LogP contribution in [0.1, 0.15) is 93.4 Å². The smallest absolute Gasteiger partial charge is 0.0249 e. The van der Waals surface area contributed by atoms with E-state index in [4.69, 9.17) is 0 Å². The van der Waals surface area contributed by atoms with Gasteiger partial charge in [-0.25, -0.2) is 0 Å². The molecule has 1 aliphatic rings. The first-order valence-corrected chi connectivity index (χ1v) is 11.0. The van der Waals surface area contributed by atoms with Crippen molar-refractivity contribution in [3.63, 3.8) is 0 Å². The van der Waals surface area contributed by atoms with E-state index < -0.39 is 0 Å². The number of rotatable bonds is 6. The maximum Gasteiger partial charge on any atom is 0.0249 e. The summed E-state index contributed by atoms with van der Waals surface area (Å²) in [4.78, 5) is 0. The van der Waals surface area contributed by atoms with E-state index in [0.29, 0.717) is 0 Å². The van der Waals surface area contributed by atoms with Crippen LogP contribution in [0.25, 0.3) is 0 Å². The molecule has 0 spiro atoms. The molecule has 0 unspecified atom stereocenters. The lowest BCUT2D eigenvalue weighted by molar-refractivity contribution is 0.304. The van der Waals surface area contributed by atoms with Gasteiger partial charge in [-0.2, -0.15) is 0 Å². The molecule has 27 heavy (non-hydrogen) atoms. The van der Waals surface area contributed by atoms with Gasteiger partial charge in [0.25, 0.3) is 0 Å². The van der Waals surface area contributed by atoms with Gasteiger partial charge in [-0.3, -0.25) is 0 Å². The van der Waals surface area contributed by atoms with Crippen molar-refractivity contribution in [3.8, 4) is 11.8 Å². The van der Waals surface area contributed by atoms with Gasteiger partial charge in [0, 0.05) is 11.1 Å². The second-order valence-corrected chi connectivity index (χ2v) is 8.18. The summed E-state index contributed by atoms with van der Waals surface area (Å²) in [5.41, 5.74) is 5.13. The molecule has 2 aromatic rings. The largest absolute Gasteiger partial charge is 0.0654 e. The molecule has 0 atom stereocenters. The van der Waals surface area contributed by atoms with Crippen LogP contribution in [0, 0.1) is 17.8 Å². The number of benzene rings is 2. The van der Waals surface area contributed by atoms with E-state index in [0.717, 1.165) is 29.4 Å². The van der Waals surface area contributed by atoms with Crippen molar-refractivity contribution in [2.75, 3.05) is 0 Å². The number of hydrogen-bond acceptors (Lipinski definition) is 0. The van der Waals surface area contributed by atoms with E-state index in [1.165, 1.54) is 62.5 Å². The van der Waals surface area contributed by atoms with Gasteiger partial charge < -0.3 is 0 Å². The Morgan fingerprint density at radius 1 is 0.741 bits per heavy atom. The molecule has 142 valence electrons. The van der Waals surface area contributed by atoms with Crippen molar-refractivity contribution in [3.05, 3.63) is 70.8 Å². The molecule has 0 heterocycles. The number of aryl methyl sites for hydroxylation is 1. The zero-order chi connectivity index (χ0) is 18.9. The third kappa shape index (κ3) is 6.00. The molecule has 0 aromatic heterocycles. The Labute approximate surface area is 166 Å². The average Bonchev–Trinajstić information content (AvgIpc) is 2.73. The molecule has 1 fully saturated rings. The van der Waals surface area contributed by atoms with Gasteiger partial charge >= 0.3 is 0 Å². The first-order valence-electron chi connectivity index (χ1n) is 11.0. The maximum atomic E-state index is 3.32. The molecular formula is C27H34. The van der Waals surface area contributed by atoms with Crippen LogP contribution in [0.2, 0.25) is 0 Å². The van der Waals surface area contributed by atoms with E-state index >= 15 is 0 Å². The summed E-state index contributed by atoms with van der Waals surface area (Å²) in [7, 11) is 0. The molecule has 0 nitrogen and oxygen atoms in total. The first kappa shape index (κ1) is 19.8. The number of hydrogen-bond donors (Lipinski definition) is 0. The summed E-state index contributed by atoms with van der Waals surface area (Å²) >= 11 is 0. The fraction of sp³-hybridized carbons (Fsp3) is 0.481. The van der Waals surface area contributed by atoms with E-state index in [9.17, 15) is 0 Å². The van der Waals surface area contributed by atoms with Crippen LogP contribution in [-0.2, 0) is 6.42 Å². The summed E-state index contributed by atoms with van der Waals surface area (Å²) in [6.45, 7) is 4.52. The molecule has 1 aliphatic carbocycles. The summed E-state index contributed by atoms with van der Waals surface area (Å²) in [6, 6.07) is 17.7. The quantitative estimate of drug-likeness (QED) is 0.469. The molecule has 0 saturated heterocycles. The lowest BCUT2D eigenvalue weighted by atomic mass is 9.77. The minimum absolute atomic E-state index is 0.760. The first-order chi connectivity index (χ1) is 13.3. The highest BCUT2D eigenvalue weighted by Crippen LogP contribution is 2.37. The van der Waals surface area contributed by atoms with Crippen LogP contribution in [-0.4, -0.2) is 0 Å². The van der Waals surface area contributed by atoms with Gasteiger partial charge in [-0.1, -0.05) is 75.6 Å². The lowest BCUT2D eigenvalue weighted by Gasteiger charge is -2.28. The van der Waals surface area contributed by atoms with Gasteiger partial charge in [0.05, 0.1) is 0 Å². The Balaban J connectivity index is 1.55. The Morgan fingerprint density at radius 2 is 1.33 bits per heavy atom. The summed E-state index contributed by atoms with van der Waals surface area (Å²) in [5.74, 6) is 8.37. The van der Waals surface area contributed by atoms with E-state index in [1.807, 2.05) is 0 Å². The SMILES string of the molecule is CCCCC1CCC(c2ccc(C#Cc3ccc(CCC)cc3)cc2)CC1. The Hall–Kier alpha value is -2.00. The van der Waals surface area contributed by atoms with E-state index in [-0.39, 0.29) is 0 Å². The van der Waals surface area contributed by atoms with Crippen LogP contribution in [0.4, 0.5) is 0 Å². The average molecular weight is 359 g/mol. The van der Waals surface area contributed by atoms with Crippen molar-refractivity contribution in [1.82, 2.24) is 0 Å². The number of unbranched alkanes of at least 4 members (excludes halogenated alkanes) is 1. The molecule has 0 amide bonds. The third-order valence-electron chi connectivity index (χ3n) is 6.04. The van der Waals surface area contributed by atoms with Crippen molar-refractivity contribution in [2.45, 2.75) is 77.6 Å². The van der Waals surface area contributed by atoms with Crippen LogP contribution in [0.5, 0.6) is 0 Å². The predicted molar refractivity (Wildman–Crippen MR) is 117 cm³/mol. The van der Waals surface area contributed by atoms with Gasteiger partial charge in [0.15, 0.2) is 0 Å². The Bertz CT molecular complexity index is 731. The van der Waals surface area contributed by atoms with Crippen molar-refractivity contribution < 1.29 is 0 Å². The van der Waals surface area contributed by atoms with Gasteiger partial charge in [-0.15, -0.1) is 0 Å². The molecule has 0 bridgehead atoms. The zero-order valence-electron chi connectivity index (χ0n) is 17.1. The van der Waals surface area contributed by atoms with Crippen LogP contribution in [0.15, 0.2) is 48.5 Å². The highest BCUT2D eigenvalue weighted by Gasteiger charge is 2.21. The molecule has 3 rings (SSSR count). The topological polar surface area (TPSA) is 0 Å². The summed E-state index contributed by atoms with van der Waals surface area (Å²) < 4.78 is 0. The molecule has 1 saturated carbocycles. The predicted octanol–water partition coefficient (Wildman–Crippen LogP) is 7.50. The highest BCUT2D eigenvalue weighted by molar-refractivity contribution is 5.44. The zero-order valence-corrected chi connectivity index (χ0v) is 17.1. The summed E-state index contributed by atoms with van der Waals surface area (Å²) in [5, 5.41) is 0. The van der Waals surface area contributed by atoms with Gasteiger partial charge in [0.2, 0.25) is 0 Å². The van der Waals surface area contributed by atoms with Crippen LogP contribution >= 0.6 is 0 Å². The molecular weight excluding hydrogens is 324 g/mol. The van der Waals surface area contributed by atoms with Gasteiger partial charge in [-0.05, 0) is 79.3 Å². The monoisotopic (exact) mass is 358 g/mol. The molecule has 0 aliphatic heterocycles. The molecule has 0 radical (unpaired) electrons. The fourth-order valence-electron chi connectivity index (χ4n) is 4.30. The van der Waals surface area contributed by atoms with Crippen molar-refractivity contribution >= 4 is 0 Å². The third-order valence-corrected chi connectivity index (χ3v) is 6.04. The Kier molecular flexibility index (Phi) is 7.58. The van der Waals surface area contributed by atoms with Crippen LogP contribution in [0.3, 0.4) is 0 Å². The fourth-order valence-corrected chi connectivity index (χ4v) is 4.30. The Morgan fingerprint density at radius 3 is 1.89 bits per heavy atom. The van der Waals surface area contributed by atoms with Crippen LogP contribution < -0.4 is 0 Å². The summed E-state index contributed by atoms with van der Waals surface area (Å²) in [6.07, 6.45) is 12.1. The van der Waals surface area contributed by atoms with Crippen molar-refractivity contribution in [1.29, 1.82) is 0 Å². The molecule has 0 N–H and O–H groups in total. The molecule has 0 heteroatoms. The van der Waals surface area contributed by atoms with Crippen molar-refractivity contribution in [2.24, 2.45) is 5.92 Å². The minimum Gasteiger partial charge on any atom is -0.0654 e. The van der Waals surface area contributed by atoms with E-state index in [2.05, 4.69) is 74.2 Å². The second kappa shape index (κ2) is 10.4. The standard InChI is InChI=1S/C27H34/c1-3-5-7-23-14-18-26(19-15-23)27-20-16-25(17-21-27)13-12-24-10-8-22(6-4-2)9-11-24/h8-11,16-17,20-21,23,26H,3-7,14-15,18-19H2,1-2H3. The van der Waals surface area contributed by atoms with Gasteiger partial charge in [0.1, 0.15) is 0 Å². The highest BCUT2D eigenvalue weighted by atomic mass is 14.3. The van der Waals surface area contributed by atoms with E-state index in [1.54, 1.807) is 0 Å².